The first-order valence-corrected chi connectivity index (χ1v) is 10.0. The van der Waals surface area contributed by atoms with Crippen molar-refractivity contribution in [1.82, 2.24) is 19.6 Å². The monoisotopic (exact) mass is 364 g/mol. The molecule has 7 nitrogen and oxygen atoms in total. The lowest BCUT2D eigenvalue weighted by atomic mass is 9.92. The van der Waals surface area contributed by atoms with Crippen LogP contribution in [0.2, 0.25) is 0 Å². The molecule has 0 spiro atoms. The summed E-state index contributed by atoms with van der Waals surface area (Å²) in [5.74, 6) is 0.211. The smallest absolute Gasteiger partial charge is 0.319 e. The minimum Gasteiger partial charge on any atom is -0.341 e. The molecule has 3 fully saturated rings. The van der Waals surface area contributed by atoms with Gasteiger partial charge in [-0.05, 0) is 44.9 Å². The highest BCUT2D eigenvalue weighted by Crippen LogP contribution is 2.27. The van der Waals surface area contributed by atoms with Crippen LogP contribution in [0.25, 0.3) is 0 Å². The highest BCUT2D eigenvalue weighted by molar-refractivity contribution is 5.89. The van der Waals surface area contributed by atoms with Crippen LogP contribution in [-0.2, 0) is 9.59 Å². The fourth-order valence-electron chi connectivity index (χ4n) is 4.44. The van der Waals surface area contributed by atoms with Crippen LogP contribution >= 0.6 is 0 Å². The Hall–Kier alpha value is -1.79. The van der Waals surface area contributed by atoms with E-state index in [0.717, 1.165) is 45.2 Å². The number of hydrogen-bond acceptors (Lipinski definition) is 3. The molecule has 4 amide bonds. The Morgan fingerprint density at radius 1 is 0.731 bits per heavy atom. The molecule has 1 unspecified atom stereocenters. The van der Waals surface area contributed by atoms with Gasteiger partial charge in [0.25, 0.3) is 0 Å². The zero-order valence-corrected chi connectivity index (χ0v) is 16.2. The quantitative estimate of drug-likeness (QED) is 0.744. The predicted molar refractivity (Wildman–Crippen MR) is 98.5 cm³/mol. The summed E-state index contributed by atoms with van der Waals surface area (Å²) >= 11 is 0. The summed E-state index contributed by atoms with van der Waals surface area (Å²) in [6.45, 7) is 3.60. The van der Waals surface area contributed by atoms with E-state index in [0.29, 0.717) is 32.5 Å². The Kier molecular flexibility index (Phi) is 6.04. The molecule has 0 aromatic rings. The Labute approximate surface area is 156 Å². The second-order valence-electron chi connectivity index (χ2n) is 8.01. The third-order valence-electron chi connectivity index (χ3n) is 5.99. The SMILES string of the molecule is CN(C)C(=O)N1CCC(C(=O)N2CCCCC2C(=O)N2CCCC2)CC1. The maximum Gasteiger partial charge on any atom is 0.319 e. The molecule has 3 heterocycles. The lowest BCUT2D eigenvalue weighted by Gasteiger charge is -2.40. The van der Waals surface area contributed by atoms with Gasteiger partial charge in [-0.2, -0.15) is 0 Å². The zero-order chi connectivity index (χ0) is 18.7. The maximum absolute atomic E-state index is 13.1. The van der Waals surface area contributed by atoms with Gasteiger partial charge in [0.05, 0.1) is 0 Å². The van der Waals surface area contributed by atoms with Gasteiger partial charge in [-0.25, -0.2) is 4.79 Å². The standard InChI is InChI=1S/C19H32N4O3/c1-20(2)19(26)22-13-8-15(9-14-22)17(24)23-12-4-3-7-16(23)18(25)21-10-5-6-11-21/h15-16H,3-14H2,1-2H3. The number of rotatable bonds is 2. The maximum atomic E-state index is 13.1. The second-order valence-corrected chi connectivity index (χ2v) is 8.01. The summed E-state index contributed by atoms with van der Waals surface area (Å²) in [5.41, 5.74) is 0. The molecule has 26 heavy (non-hydrogen) atoms. The molecule has 7 heteroatoms. The number of urea groups is 1. The number of likely N-dealkylation sites (tertiary alicyclic amines) is 3. The van der Waals surface area contributed by atoms with E-state index in [1.165, 1.54) is 0 Å². The van der Waals surface area contributed by atoms with Gasteiger partial charge in [-0.1, -0.05) is 0 Å². The van der Waals surface area contributed by atoms with E-state index in [4.69, 9.17) is 0 Å². The summed E-state index contributed by atoms with van der Waals surface area (Å²) < 4.78 is 0. The van der Waals surface area contributed by atoms with Crippen LogP contribution in [-0.4, -0.2) is 90.3 Å². The normalized spacial score (nSPS) is 24.7. The third-order valence-corrected chi connectivity index (χ3v) is 5.99. The van der Waals surface area contributed by atoms with E-state index < -0.39 is 0 Å². The van der Waals surface area contributed by atoms with Crippen LogP contribution in [0, 0.1) is 5.92 Å². The van der Waals surface area contributed by atoms with Crippen LogP contribution in [0.4, 0.5) is 4.79 Å². The number of amides is 4. The molecule has 0 radical (unpaired) electrons. The minimum atomic E-state index is -0.268. The van der Waals surface area contributed by atoms with Crippen LogP contribution in [0.5, 0.6) is 0 Å². The highest BCUT2D eigenvalue weighted by Gasteiger charge is 2.39. The zero-order valence-electron chi connectivity index (χ0n) is 16.2. The summed E-state index contributed by atoms with van der Waals surface area (Å²) in [4.78, 5) is 45.3. The molecular weight excluding hydrogens is 332 g/mol. The largest absolute Gasteiger partial charge is 0.341 e. The molecule has 146 valence electrons. The van der Waals surface area contributed by atoms with Crippen molar-refractivity contribution in [2.75, 3.05) is 46.8 Å². The first kappa shape index (κ1) is 19.0. The fraction of sp³-hybridized carbons (Fsp3) is 0.842. The van der Waals surface area contributed by atoms with E-state index >= 15 is 0 Å². The molecule has 3 rings (SSSR count). The molecule has 0 aromatic heterocycles. The predicted octanol–water partition coefficient (Wildman–Crippen LogP) is 1.38. The van der Waals surface area contributed by atoms with Gasteiger partial charge in [0.1, 0.15) is 6.04 Å². The minimum absolute atomic E-state index is 0.0101. The van der Waals surface area contributed by atoms with Crippen molar-refractivity contribution in [1.29, 1.82) is 0 Å². The van der Waals surface area contributed by atoms with Gasteiger partial charge >= 0.3 is 6.03 Å². The number of nitrogens with zero attached hydrogens (tertiary/aromatic N) is 4. The van der Waals surface area contributed by atoms with Gasteiger partial charge in [-0.15, -0.1) is 0 Å². The first-order chi connectivity index (χ1) is 12.5. The summed E-state index contributed by atoms with van der Waals surface area (Å²) in [7, 11) is 3.50. The highest BCUT2D eigenvalue weighted by atomic mass is 16.2. The molecule has 3 aliphatic heterocycles. The fourth-order valence-corrected chi connectivity index (χ4v) is 4.44. The Balaban J connectivity index is 1.60. The van der Waals surface area contributed by atoms with Crippen LogP contribution in [0.1, 0.15) is 44.9 Å². The first-order valence-electron chi connectivity index (χ1n) is 10.0. The third kappa shape index (κ3) is 3.96. The molecule has 1 atom stereocenters. The molecule has 0 aliphatic carbocycles. The van der Waals surface area contributed by atoms with Crippen LogP contribution in [0.15, 0.2) is 0 Å². The number of carbonyl (C=O) groups excluding carboxylic acids is 3. The summed E-state index contributed by atoms with van der Waals surface area (Å²) in [6, 6.07) is -0.258. The molecule has 0 N–H and O–H groups in total. The summed E-state index contributed by atoms with van der Waals surface area (Å²) in [5, 5.41) is 0. The summed E-state index contributed by atoms with van der Waals surface area (Å²) in [6.07, 6.45) is 6.32. The van der Waals surface area contributed by atoms with Gasteiger partial charge < -0.3 is 19.6 Å². The Bertz CT molecular complexity index is 537. The lowest BCUT2D eigenvalue weighted by molar-refractivity contribution is -0.150. The number of hydrogen-bond donors (Lipinski definition) is 0. The van der Waals surface area contributed by atoms with E-state index in [9.17, 15) is 14.4 Å². The average molecular weight is 364 g/mol. The molecular formula is C19H32N4O3. The lowest BCUT2D eigenvalue weighted by Crippen LogP contribution is -2.55. The van der Waals surface area contributed by atoms with Crippen molar-refractivity contribution in [3.8, 4) is 0 Å². The van der Waals surface area contributed by atoms with Crippen LogP contribution in [0.3, 0.4) is 0 Å². The van der Waals surface area contributed by atoms with Crippen molar-refractivity contribution >= 4 is 17.8 Å². The van der Waals surface area contributed by atoms with Gasteiger partial charge in [0.15, 0.2) is 0 Å². The van der Waals surface area contributed by atoms with Crippen molar-refractivity contribution in [2.24, 2.45) is 5.92 Å². The molecule has 0 aromatic carbocycles. The van der Waals surface area contributed by atoms with Crippen molar-refractivity contribution < 1.29 is 14.4 Å². The van der Waals surface area contributed by atoms with E-state index in [1.54, 1.807) is 19.0 Å². The van der Waals surface area contributed by atoms with Crippen molar-refractivity contribution in [3.63, 3.8) is 0 Å². The topological polar surface area (TPSA) is 64.2 Å². The van der Waals surface area contributed by atoms with Gasteiger partial charge in [-0.3, -0.25) is 9.59 Å². The van der Waals surface area contributed by atoms with Crippen molar-refractivity contribution in [3.05, 3.63) is 0 Å². The van der Waals surface area contributed by atoms with Gasteiger partial charge in [0.2, 0.25) is 11.8 Å². The van der Waals surface area contributed by atoms with E-state index in [2.05, 4.69) is 0 Å². The Morgan fingerprint density at radius 3 is 1.96 bits per heavy atom. The average Bonchev–Trinajstić information content (AvgIpc) is 3.21. The molecule has 0 saturated carbocycles. The molecule has 3 aliphatic rings. The van der Waals surface area contributed by atoms with Gasteiger partial charge in [0, 0.05) is 52.7 Å². The van der Waals surface area contributed by atoms with Crippen LogP contribution < -0.4 is 0 Å². The number of piperidine rings is 2. The molecule has 0 bridgehead atoms. The Morgan fingerprint density at radius 2 is 1.35 bits per heavy atom. The van der Waals surface area contributed by atoms with Crippen molar-refractivity contribution in [2.45, 2.75) is 51.0 Å². The number of carbonyl (C=O) groups is 3. The molecule has 3 saturated heterocycles. The second kappa shape index (κ2) is 8.27. The van der Waals surface area contributed by atoms with E-state index in [-0.39, 0.29) is 29.8 Å². The van der Waals surface area contributed by atoms with E-state index in [1.807, 2.05) is 14.7 Å².